The Morgan fingerprint density at radius 2 is 2.29 bits per heavy atom. The highest BCUT2D eigenvalue weighted by Crippen LogP contribution is 2.30. The summed E-state index contributed by atoms with van der Waals surface area (Å²) in [5.74, 6) is 6.74. The molecule has 21 heavy (non-hydrogen) atoms. The lowest BCUT2D eigenvalue weighted by Gasteiger charge is -2.19. The van der Waals surface area contributed by atoms with Crippen LogP contribution in [-0.4, -0.2) is 35.3 Å². The van der Waals surface area contributed by atoms with Gasteiger partial charge in [0.25, 0.3) is 0 Å². The molecule has 2 aromatic rings. The van der Waals surface area contributed by atoms with Crippen molar-refractivity contribution >= 4 is 15.9 Å². The van der Waals surface area contributed by atoms with Crippen molar-refractivity contribution in [1.82, 2.24) is 20.1 Å². The van der Waals surface area contributed by atoms with Crippen LogP contribution >= 0.6 is 15.9 Å². The van der Waals surface area contributed by atoms with Crippen molar-refractivity contribution in [3.8, 4) is 0 Å². The molecule has 0 aliphatic heterocycles. The fraction of sp³-hybridized carbons (Fsp3) is 0.500. The van der Waals surface area contributed by atoms with Gasteiger partial charge in [0.1, 0.15) is 5.76 Å². The third kappa shape index (κ3) is 3.55. The molecule has 0 amide bonds. The van der Waals surface area contributed by atoms with E-state index in [0.29, 0.717) is 0 Å². The minimum Gasteiger partial charge on any atom is -0.469 e. The molecule has 0 saturated carbocycles. The van der Waals surface area contributed by atoms with Crippen molar-refractivity contribution < 1.29 is 4.42 Å². The van der Waals surface area contributed by atoms with Crippen LogP contribution in [0.15, 0.2) is 27.4 Å². The topological polar surface area (TPSA) is 72.2 Å². The predicted molar refractivity (Wildman–Crippen MR) is 85.7 cm³/mol. The molecular formula is C14H22BrN5O. The monoisotopic (exact) mass is 355 g/mol. The fourth-order valence-electron chi connectivity index (χ4n) is 2.34. The number of nitrogens with one attached hydrogen (secondary N) is 1. The smallest absolute Gasteiger partial charge is 0.108 e. The normalized spacial score (nSPS) is 13.0. The van der Waals surface area contributed by atoms with E-state index in [4.69, 9.17) is 10.3 Å². The Bertz CT molecular complexity index is 578. The zero-order chi connectivity index (χ0) is 15.4. The number of rotatable bonds is 7. The molecule has 1 atom stereocenters. The van der Waals surface area contributed by atoms with E-state index in [1.165, 1.54) is 0 Å². The second-order valence-electron chi connectivity index (χ2n) is 5.16. The molecule has 0 aliphatic rings. The number of aromatic nitrogens is 2. The molecule has 3 N–H and O–H groups in total. The molecule has 0 radical (unpaired) electrons. The van der Waals surface area contributed by atoms with Crippen LogP contribution in [0.4, 0.5) is 0 Å². The quantitative estimate of drug-likeness (QED) is 0.586. The Labute approximate surface area is 133 Å². The highest BCUT2D eigenvalue weighted by atomic mass is 79.9. The van der Waals surface area contributed by atoms with Crippen molar-refractivity contribution in [2.24, 2.45) is 5.84 Å². The van der Waals surface area contributed by atoms with E-state index in [2.05, 4.69) is 38.3 Å². The number of aryl methyl sites for hydroxylation is 1. The minimum absolute atomic E-state index is 0.155. The zero-order valence-electron chi connectivity index (χ0n) is 12.6. The number of hydrogen-bond acceptors (Lipinski definition) is 5. The molecule has 2 rings (SSSR count). The molecule has 116 valence electrons. The summed E-state index contributed by atoms with van der Waals surface area (Å²) in [4.78, 5) is 2.12. The SMILES string of the molecule is CCc1occc1C(NN)c1c(Br)cnn1CCN(C)C. The largest absolute Gasteiger partial charge is 0.469 e. The van der Waals surface area contributed by atoms with Gasteiger partial charge in [-0.2, -0.15) is 5.10 Å². The molecule has 7 heteroatoms. The van der Waals surface area contributed by atoms with E-state index < -0.39 is 0 Å². The lowest BCUT2D eigenvalue weighted by Crippen LogP contribution is -2.32. The van der Waals surface area contributed by atoms with E-state index >= 15 is 0 Å². The first-order valence-electron chi connectivity index (χ1n) is 6.96. The lowest BCUT2D eigenvalue weighted by atomic mass is 10.0. The van der Waals surface area contributed by atoms with Gasteiger partial charge in [0, 0.05) is 18.5 Å². The van der Waals surface area contributed by atoms with Crippen LogP contribution in [-0.2, 0) is 13.0 Å². The maximum atomic E-state index is 5.81. The molecule has 0 fully saturated rings. The second kappa shape index (κ2) is 7.22. The van der Waals surface area contributed by atoms with E-state index in [9.17, 15) is 0 Å². The maximum Gasteiger partial charge on any atom is 0.108 e. The van der Waals surface area contributed by atoms with Crippen molar-refractivity contribution in [3.63, 3.8) is 0 Å². The molecule has 1 unspecified atom stereocenters. The van der Waals surface area contributed by atoms with Gasteiger partial charge in [-0.05, 0) is 36.1 Å². The number of nitrogens with zero attached hydrogens (tertiary/aromatic N) is 3. The Balaban J connectivity index is 2.36. The summed E-state index contributed by atoms with van der Waals surface area (Å²) >= 11 is 3.57. The summed E-state index contributed by atoms with van der Waals surface area (Å²) in [7, 11) is 4.09. The summed E-state index contributed by atoms with van der Waals surface area (Å²) in [6, 6.07) is 1.80. The van der Waals surface area contributed by atoms with Gasteiger partial charge in [-0.1, -0.05) is 6.92 Å². The number of halogens is 1. The van der Waals surface area contributed by atoms with Crippen molar-refractivity contribution in [2.75, 3.05) is 20.6 Å². The van der Waals surface area contributed by atoms with E-state index in [1.54, 1.807) is 12.5 Å². The lowest BCUT2D eigenvalue weighted by molar-refractivity contribution is 0.365. The van der Waals surface area contributed by atoms with Crippen LogP contribution in [0.2, 0.25) is 0 Å². The molecule has 0 spiro atoms. The molecule has 0 aliphatic carbocycles. The third-order valence-corrected chi connectivity index (χ3v) is 4.06. The molecule has 0 aromatic carbocycles. The van der Waals surface area contributed by atoms with Gasteiger partial charge in [-0.25, -0.2) is 5.43 Å². The third-order valence-electron chi connectivity index (χ3n) is 3.44. The Kier molecular flexibility index (Phi) is 5.58. The Morgan fingerprint density at radius 1 is 1.52 bits per heavy atom. The summed E-state index contributed by atoms with van der Waals surface area (Å²) in [5, 5.41) is 4.44. The van der Waals surface area contributed by atoms with Crippen molar-refractivity contribution in [3.05, 3.63) is 40.0 Å². The average molecular weight is 356 g/mol. The second-order valence-corrected chi connectivity index (χ2v) is 6.01. The van der Waals surface area contributed by atoms with Gasteiger partial charge in [0.15, 0.2) is 0 Å². The number of hydrazine groups is 1. The molecule has 2 heterocycles. The van der Waals surface area contributed by atoms with Gasteiger partial charge in [0.2, 0.25) is 0 Å². The fourth-order valence-corrected chi connectivity index (χ4v) is 2.87. The van der Waals surface area contributed by atoms with Crippen LogP contribution < -0.4 is 11.3 Å². The molecule has 2 aromatic heterocycles. The first kappa shape index (κ1) is 16.2. The molecular weight excluding hydrogens is 334 g/mol. The zero-order valence-corrected chi connectivity index (χ0v) is 14.2. The number of furan rings is 1. The average Bonchev–Trinajstić information content (AvgIpc) is 3.06. The molecule has 6 nitrogen and oxygen atoms in total. The molecule has 0 bridgehead atoms. The summed E-state index contributed by atoms with van der Waals surface area (Å²) in [6.45, 7) is 3.77. The van der Waals surface area contributed by atoms with Gasteiger partial charge in [-0.3, -0.25) is 10.5 Å². The van der Waals surface area contributed by atoms with E-state index in [0.717, 1.165) is 41.0 Å². The maximum absolute atomic E-state index is 5.81. The number of hydrogen-bond donors (Lipinski definition) is 2. The number of likely N-dealkylation sites (N-methyl/N-ethyl adjacent to an activating group) is 1. The highest BCUT2D eigenvalue weighted by molar-refractivity contribution is 9.10. The predicted octanol–water partition coefficient (Wildman–Crippen LogP) is 1.92. The van der Waals surface area contributed by atoms with E-state index in [1.807, 2.05) is 24.8 Å². The van der Waals surface area contributed by atoms with Crippen LogP contribution in [0.3, 0.4) is 0 Å². The first-order valence-corrected chi connectivity index (χ1v) is 7.76. The summed E-state index contributed by atoms with van der Waals surface area (Å²) in [5.41, 5.74) is 4.94. The molecule has 0 saturated heterocycles. The van der Waals surface area contributed by atoms with Crippen LogP contribution in [0.5, 0.6) is 0 Å². The van der Waals surface area contributed by atoms with Gasteiger partial charge in [-0.15, -0.1) is 0 Å². The van der Waals surface area contributed by atoms with Gasteiger partial charge < -0.3 is 9.32 Å². The minimum atomic E-state index is -0.155. The van der Waals surface area contributed by atoms with Crippen molar-refractivity contribution in [2.45, 2.75) is 25.9 Å². The number of nitrogens with two attached hydrogens (primary N) is 1. The first-order chi connectivity index (χ1) is 10.1. The standard InChI is InChI=1S/C14H22BrN5O/c1-4-12-10(5-8-21-12)13(18-16)14-11(15)9-17-20(14)7-6-19(2)3/h5,8-9,13,18H,4,6-7,16H2,1-3H3. The Hall–Kier alpha value is -1.15. The summed E-state index contributed by atoms with van der Waals surface area (Å²) < 4.78 is 8.43. The highest BCUT2D eigenvalue weighted by Gasteiger charge is 2.24. The summed E-state index contributed by atoms with van der Waals surface area (Å²) in [6.07, 6.45) is 4.33. The van der Waals surface area contributed by atoms with Crippen molar-refractivity contribution in [1.29, 1.82) is 0 Å². The van der Waals surface area contributed by atoms with Gasteiger partial charge >= 0.3 is 0 Å². The van der Waals surface area contributed by atoms with Crippen LogP contribution in [0.1, 0.15) is 30.0 Å². The van der Waals surface area contributed by atoms with Crippen LogP contribution in [0.25, 0.3) is 0 Å². The Morgan fingerprint density at radius 3 is 2.90 bits per heavy atom. The van der Waals surface area contributed by atoms with Crippen LogP contribution in [0, 0.1) is 0 Å². The van der Waals surface area contributed by atoms with Gasteiger partial charge in [0.05, 0.1) is 35.2 Å². The van der Waals surface area contributed by atoms with E-state index in [-0.39, 0.29) is 6.04 Å².